The summed E-state index contributed by atoms with van der Waals surface area (Å²) in [6.07, 6.45) is 0. The summed E-state index contributed by atoms with van der Waals surface area (Å²) in [5, 5.41) is 0. The number of esters is 1. The Hall–Kier alpha value is -2.49. The molecular formula is C17H20N2O2. The first kappa shape index (κ1) is 14.9. The predicted octanol–water partition coefficient (Wildman–Crippen LogP) is 3.00. The molecule has 0 saturated carbocycles. The average molecular weight is 284 g/mol. The van der Waals surface area contributed by atoms with Crippen molar-refractivity contribution in [1.82, 2.24) is 0 Å². The number of ether oxygens (including phenoxy) is 1. The largest absolute Gasteiger partial charge is 0.457 e. The highest BCUT2D eigenvalue weighted by molar-refractivity contribution is 5.92. The summed E-state index contributed by atoms with van der Waals surface area (Å²) in [5.41, 5.74) is 9.95. The lowest BCUT2D eigenvalue weighted by Gasteiger charge is -2.15. The van der Waals surface area contributed by atoms with Crippen molar-refractivity contribution in [3.8, 4) is 0 Å². The van der Waals surface area contributed by atoms with Crippen LogP contribution >= 0.6 is 0 Å². The molecule has 0 aromatic heterocycles. The van der Waals surface area contributed by atoms with E-state index >= 15 is 0 Å². The summed E-state index contributed by atoms with van der Waals surface area (Å²) in [5.74, 6) is -0.366. The van der Waals surface area contributed by atoms with Gasteiger partial charge in [0.15, 0.2) is 0 Å². The zero-order chi connectivity index (χ0) is 15.4. The van der Waals surface area contributed by atoms with E-state index in [1.165, 1.54) is 0 Å². The number of nitrogen functional groups attached to an aromatic ring is 1. The predicted molar refractivity (Wildman–Crippen MR) is 85.5 cm³/mol. The van der Waals surface area contributed by atoms with E-state index in [-0.39, 0.29) is 12.6 Å². The Labute approximate surface area is 125 Å². The van der Waals surface area contributed by atoms with Crippen LogP contribution < -0.4 is 10.6 Å². The van der Waals surface area contributed by atoms with Gasteiger partial charge in [-0.05, 0) is 36.2 Å². The highest BCUT2D eigenvalue weighted by Crippen LogP contribution is 2.23. The maximum atomic E-state index is 12.1. The van der Waals surface area contributed by atoms with Gasteiger partial charge in [-0.2, -0.15) is 0 Å². The van der Waals surface area contributed by atoms with Crippen molar-refractivity contribution in [2.24, 2.45) is 0 Å². The Balaban J connectivity index is 2.07. The van der Waals surface area contributed by atoms with Crippen molar-refractivity contribution in [2.45, 2.75) is 13.5 Å². The van der Waals surface area contributed by atoms with E-state index in [9.17, 15) is 4.79 Å². The quantitative estimate of drug-likeness (QED) is 0.692. The molecule has 21 heavy (non-hydrogen) atoms. The molecular weight excluding hydrogens is 264 g/mol. The Morgan fingerprint density at radius 2 is 1.90 bits per heavy atom. The molecule has 0 fully saturated rings. The van der Waals surface area contributed by atoms with Crippen molar-refractivity contribution < 1.29 is 9.53 Å². The summed E-state index contributed by atoms with van der Waals surface area (Å²) < 4.78 is 5.34. The fourth-order valence-corrected chi connectivity index (χ4v) is 2.09. The number of rotatable bonds is 4. The van der Waals surface area contributed by atoms with Crippen LogP contribution in [-0.2, 0) is 11.3 Å². The van der Waals surface area contributed by atoms with Crippen LogP contribution in [0.2, 0.25) is 0 Å². The molecule has 4 heteroatoms. The Bertz CT molecular complexity index is 651. The maximum Gasteiger partial charge on any atom is 0.338 e. The zero-order valence-corrected chi connectivity index (χ0v) is 12.6. The molecule has 0 heterocycles. The number of aryl methyl sites for hydroxylation is 1. The molecule has 0 aliphatic rings. The van der Waals surface area contributed by atoms with Gasteiger partial charge < -0.3 is 15.4 Å². The third-order valence-electron chi connectivity index (χ3n) is 3.37. The fourth-order valence-electron chi connectivity index (χ4n) is 2.09. The zero-order valence-electron chi connectivity index (χ0n) is 12.6. The second-order valence-corrected chi connectivity index (χ2v) is 5.17. The van der Waals surface area contributed by atoms with E-state index in [2.05, 4.69) is 0 Å². The van der Waals surface area contributed by atoms with Crippen LogP contribution in [0.5, 0.6) is 0 Å². The summed E-state index contributed by atoms with van der Waals surface area (Å²) in [7, 11) is 3.81. The molecule has 4 nitrogen and oxygen atoms in total. The molecule has 0 saturated heterocycles. The van der Waals surface area contributed by atoms with Gasteiger partial charge in [-0.25, -0.2) is 4.79 Å². The third-order valence-corrected chi connectivity index (χ3v) is 3.37. The van der Waals surface area contributed by atoms with Gasteiger partial charge >= 0.3 is 5.97 Å². The van der Waals surface area contributed by atoms with Gasteiger partial charge in [-0.15, -0.1) is 0 Å². The Morgan fingerprint density at radius 1 is 1.19 bits per heavy atom. The highest BCUT2D eigenvalue weighted by Gasteiger charge is 2.11. The maximum absolute atomic E-state index is 12.1. The van der Waals surface area contributed by atoms with Crippen molar-refractivity contribution in [3.63, 3.8) is 0 Å². The van der Waals surface area contributed by atoms with Gasteiger partial charge in [0.2, 0.25) is 0 Å². The van der Waals surface area contributed by atoms with Crippen LogP contribution in [0, 0.1) is 6.92 Å². The third kappa shape index (κ3) is 3.54. The standard InChI is InChI=1S/C17H20N2O2/c1-12-6-4-5-7-14(12)11-21-17(20)13-8-9-16(19(2)3)15(18)10-13/h4-10H,11,18H2,1-3H3. The van der Waals surface area contributed by atoms with Crippen molar-refractivity contribution in [3.05, 3.63) is 59.2 Å². The van der Waals surface area contributed by atoms with E-state index < -0.39 is 0 Å². The Kier molecular flexibility index (Phi) is 4.48. The molecule has 110 valence electrons. The molecule has 2 aromatic carbocycles. The van der Waals surface area contributed by atoms with Crippen LogP contribution in [0.4, 0.5) is 11.4 Å². The lowest BCUT2D eigenvalue weighted by Crippen LogP contribution is -2.12. The average Bonchev–Trinajstić information content (AvgIpc) is 2.45. The summed E-state index contributed by atoms with van der Waals surface area (Å²) >= 11 is 0. The minimum Gasteiger partial charge on any atom is -0.457 e. The minimum atomic E-state index is -0.366. The molecule has 0 unspecified atom stereocenters. The number of benzene rings is 2. The summed E-state index contributed by atoms with van der Waals surface area (Å²) in [4.78, 5) is 14.0. The first-order chi connectivity index (χ1) is 9.99. The molecule has 2 N–H and O–H groups in total. The SMILES string of the molecule is Cc1ccccc1COC(=O)c1ccc(N(C)C)c(N)c1. The second-order valence-electron chi connectivity index (χ2n) is 5.17. The van der Waals surface area contributed by atoms with Crippen LogP contribution in [0.25, 0.3) is 0 Å². The molecule has 0 spiro atoms. The van der Waals surface area contributed by atoms with E-state index in [1.807, 2.05) is 56.3 Å². The van der Waals surface area contributed by atoms with E-state index in [0.29, 0.717) is 11.3 Å². The molecule has 0 atom stereocenters. The smallest absolute Gasteiger partial charge is 0.338 e. The number of carbonyl (C=O) groups is 1. The molecule has 2 aromatic rings. The van der Waals surface area contributed by atoms with Crippen LogP contribution in [0.3, 0.4) is 0 Å². The molecule has 0 bridgehead atoms. The van der Waals surface area contributed by atoms with Gasteiger partial charge in [-0.3, -0.25) is 0 Å². The second kappa shape index (κ2) is 6.31. The van der Waals surface area contributed by atoms with Crippen molar-refractivity contribution in [2.75, 3.05) is 24.7 Å². The molecule has 2 rings (SSSR count). The van der Waals surface area contributed by atoms with Gasteiger partial charge in [0.1, 0.15) is 6.61 Å². The summed E-state index contributed by atoms with van der Waals surface area (Å²) in [6.45, 7) is 2.26. The lowest BCUT2D eigenvalue weighted by atomic mass is 10.1. The van der Waals surface area contributed by atoms with Crippen LogP contribution in [-0.4, -0.2) is 20.1 Å². The number of anilines is 2. The number of hydrogen-bond donors (Lipinski definition) is 1. The van der Waals surface area contributed by atoms with Crippen molar-refractivity contribution in [1.29, 1.82) is 0 Å². The van der Waals surface area contributed by atoms with Gasteiger partial charge in [0.05, 0.1) is 16.9 Å². The first-order valence-electron chi connectivity index (χ1n) is 6.77. The van der Waals surface area contributed by atoms with E-state index in [0.717, 1.165) is 16.8 Å². The van der Waals surface area contributed by atoms with E-state index in [1.54, 1.807) is 12.1 Å². The summed E-state index contributed by atoms with van der Waals surface area (Å²) in [6, 6.07) is 13.0. The highest BCUT2D eigenvalue weighted by atomic mass is 16.5. The lowest BCUT2D eigenvalue weighted by molar-refractivity contribution is 0.0472. The monoisotopic (exact) mass is 284 g/mol. The van der Waals surface area contributed by atoms with Crippen LogP contribution in [0.15, 0.2) is 42.5 Å². The fraction of sp³-hybridized carbons (Fsp3) is 0.235. The van der Waals surface area contributed by atoms with Gasteiger partial charge in [0, 0.05) is 14.1 Å². The molecule has 0 aliphatic carbocycles. The molecule has 0 aliphatic heterocycles. The first-order valence-corrected chi connectivity index (χ1v) is 6.77. The van der Waals surface area contributed by atoms with E-state index in [4.69, 9.17) is 10.5 Å². The minimum absolute atomic E-state index is 0.265. The number of carbonyl (C=O) groups excluding carboxylic acids is 1. The molecule has 0 radical (unpaired) electrons. The van der Waals surface area contributed by atoms with Gasteiger partial charge in [-0.1, -0.05) is 24.3 Å². The number of hydrogen-bond acceptors (Lipinski definition) is 4. The van der Waals surface area contributed by atoms with Crippen LogP contribution in [0.1, 0.15) is 21.5 Å². The van der Waals surface area contributed by atoms with Crippen molar-refractivity contribution >= 4 is 17.3 Å². The Morgan fingerprint density at radius 3 is 2.52 bits per heavy atom. The normalized spacial score (nSPS) is 10.2. The number of nitrogens with two attached hydrogens (primary N) is 1. The topological polar surface area (TPSA) is 55.6 Å². The number of nitrogens with zero attached hydrogens (tertiary/aromatic N) is 1. The van der Waals surface area contributed by atoms with Gasteiger partial charge in [0.25, 0.3) is 0 Å². The molecule has 0 amide bonds.